The zero-order chi connectivity index (χ0) is 11.4. The van der Waals surface area contributed by atoms with Crippen molar-refractivity contribution < 1.29 is 4.79 Å². The van der Waals surface area contributed by atoms with E-state index < -0.39 is 0 Å². The van der Waals surface area contributed by atoms with E-state index in [4.69, 9.17) is 0 Å². The predicted molar refractivity (Wildman–Crippen MR) is 74.2 cm³/mol. The van der Waals surface area contributed by atoms with Crippen LogP contribution in [0.25, 0.3) is 0 Å². The first-order chi connectivity index (χ1) is 7.74. The van der Waals surface area contributed by atoms with Gasteiger partial charge in [0.15, 0.2) is 0 Å². The first-order valence-corrected chi connectivity index (χ1v) is 8.12. The number of nitrogens with one attached hydrogen (secondary N) is 1. The molecule has 16 heavy (non-hydrogen) atoms. The predicted octanol–water partition coefficient (Wildman–Crippen LogP) is 3.06. The first kappa shape index (κ1) is 12.5. The minimum absolute atomic E-state index is 0.159. The number of carbonyl (C=O) groups is 1. The third-order valence-electron chi connectivity index (χ3n) is 2.55. The van der Waals surface area contributed by atoms with Crippen molar-refractivity contribution in [3.05, 3.63) is 20.8 Å². The summed E-state index contributed by atoms with van der Waals surface area (Å²) in [6, 6.07) is 4.40. The molecule has 0 radical (unpaired) electrons. The van der Waals surface area contributed by atoms with E-state index in [1.807, 2.05) is 23.9 Å². The molecule has 1 aromatic heterocycles. The molecule has 0 aliphatic carbocycles. The zero-order valence-corrected chi connectivity index (χ0v) is 12.1. The van der Waals surface area contributed by atoms with Gasteiger partial charge in [0.05, 0.1) is 10.2 Å². The molecule has 1 aromatic rings. The minimum Gasteiger partial charge on any atom is -0.353 e. The highest BCUT2D eigenvalue weighted by atomic mass is 79.9. The number of thioether (sulfide) groups is 1. The van der Waals surface area contributed by atoms with Gasteiger partial charge < -0.3 is 5.32 Å². The Balaban J connectivity index is 1.79. The van der Waals surface area contributed by atoms with E-state index in [9.17, 15) is 4.79 Å². The Kier molecular flexibility index (Phi) is 4.73. The molecule has 1 aliphatic rings. The highest BCUT2D eigenvalue weighted by molar-refractivity contribution is 9.11. The van der Waals surface area contributed by atoms with Gasteiger partial charge in [-0.3, -0.25) is 4.79 Å². The molecule has 0 aromatic carbocycles. The molecule has 1 amide bonds. The third kappa shape index (κ3) is 3.79. The molecule has 88 valence electrons. The Hall–Kier alpha value is -0.000000000000000111. The van der Waals surface area contributed by atoms with E-state index >= 15 is 0 Å². The van der Waals surface area contributed by atoms with E-state index in [0.717, 1.165) is 21.5 Å². The van der Waals surface area contributed by atoms with E-state index in [1.165, 1.54) is 11.5 Å². The second kappa shape index (κ2) is 6.07. The number of rotatable bonds is 3. The average Bonchev–Trinajstić information content (AvgIpc) is 2.65. The first-order valence-electron chi connectivity index (χ1n) is 5.35. The SMILES string of the molecule is O=C(Cc1ccc(Br)s1)NC1CCSCC1. The van der Waals surface area contributed by atoms with Crippen molar-refractivity contribution in [2.24, 2.45) is 0 Å². The molecule has 0 atom stereocenters. The van der Waals surface area contributed by atoms with Crippen molar-refractivity contribution in [1.29, 1.82) is 0 Å². The number of amides is 1. The van der Waals surface area contributed by atoms with Gasteiger partial charge in [0.1, 0.15) is 0 Å². The Morgan fingerprint density at radius 2 is 2.19 bits per heavy atom. The molecule has 5 heteroatoms. The van der Waals surface area contributed by atoms with Crippen molar-refractivity contribution in [2.45, 2.75) is 25.3 Å². The maximum Gasteiger partial charge on any atom is 0.225 e. The van der Waals surface area contributed by atoms with Gasteiger partial charge in [0.25, 0.3) is 0 Å². The van der Waals surface area contributed by atoms with Crippen LogP contribution in [0.2, 0.25) is 0 Å². The van der Waals surface area contributed by atoms with Crippen LogP contribution in [0.1, 0.15) is 17.7 Å². The van der Waals surface area contributed by atoms with Crippen LogP contribution in [-0.2, 0) is 11.2 Å². The molecule has 1 aliphatic heterocycles. The monoisotopic (exact) mass is 319 g/mol. The summed E-state index contributed by atoms with van der Waals surface area (Å²) in [5.74, 6) is 2.51. The van der Waals surface area contributed by atoms with Crippen LogP contribution in [-0.4, -0.2) is 23.5 Å². The number of hydrogen-bond donors (Lipinski definition) is 1. The molecule has 2 rings (SSSR count). The largest absolute Gasteiger partial charge is 0.353 e. The molecular weight excluding hydrogens is 306 g/mol. The van der Waals surface area contributed by atoms with E-state index in [0.29, 0.717) is 12.5 Å². The molecule has 2 nitrogen and oxygen atoms in total. The van der Waals surface area contributed by atoms with Gasteiger partial charge in [0.2, 0.25) is 5.91 Å². The van der Waals surface area contributed by atoms with Crippen molar-refractivity contribution in [3.63, 3.8) is 0 Å². The highest BCUT2D eigenvalue weighted by Crippen LogP contribution is 2.22. The third-order valence-corrected chi connectivity index (χ3v) is 5.22. The Labute approximate surface area is 112 Å². The quantitative estimate of drug-likeness (QED) is 0.927. The summed E-state index contributed by atoms with van der Waals surface area (Å²) in [6.45, 7) is 0. The number of carbonyl (C=O) groups excluding carboxylic acids is 1. The topological polar surface area (TPSA) is 29.1 Å². The van der Waals surface area contributed by atoms with Crippen molar-refractivity contribution in [3.8, 4) is 0 Å². The minimum atomic E-state index is 0.159. The Morgan fingerprint density at radius 1 is 1.44 bits per heavy atom. The Morgan fingerprint density at radius 3 is 2.81 bits per heavy atom. The fraction of sp³-hybridized carbons (Fsp3) is 0.545. The molecule has 1 fully saturated rings. The number of halogens is 1. The Bertz CT molecular complexity index is 361. The van der Waals surface area contributed by atoms with Crippen LogP contribution in [0.5, 0.6) is 0 Å². The maximum absolute atomic E-state index is 11.8. The summed E-state index contributed by atoms with van der Waals surface area (Å²) >= 11 is 7.01. The molecule has 1 N–H and O–H groups in total. The number of hydrogen-bond acceptors (Lipinski definition) is 3. The standard InChI is InChI=1S/C11H14BrNOS2/c12-10-2-1-9(16-10)7-11(14)13-8-3-5-15-6-4-8/h1-2,8H,3-7H2,(H,13,14). The molecule has 0 spiro atoms. The van der Waals surface area contributed by atoms with Crippen LogP contribution in [0, 0.1) is 0 Å². The normalized spacial score (nSPS) is 17.3. The number of thiophene rings is 1. The summed E-state index contributed by atoms with van der Waals surface area (Å²) in [6.07, 6.45) is 2.75. The summed E-state index contributed by atoms with van der Waals surface area (Å²) in [5.41, 5.74) is 0. The van der Waals surface area contributed by atoms with Gasteiger partial charge >= 0.3 is 0 Å². The molecular formula is C11H14BrNOS2. The summed E-state index contributed by atoms with van der Waals surface area (Å²) in [7, 11) is 0. The summed E-state index contributed by atoms with van der Waals surface area (Å²) < 4.78 is 1.09. The fourth-order valence-corrected chi connectivity index (χ4v) is 4.31. The van der Waals surface area contributed by atoms with Crippen LogP contribution < -0.4 is 5.32 Å². The van der Waals surface area contributed by atoms with Gasteiger partial charge in [-0.1, -0.05) is 0 Å². The lowest BCUT2D eigenvalue weighted by molar-refractivity contribution is -0.121. The lowest BCUT2D eigenvalue weighted by Gasteiger charge is -2.22. The second-order valence-corrected chi connectivity index (χ2v) is 7.61. The van der Waals surface area contributed by atoms with E-state index in [1.54, 1.807) is 11.3 Å². The molecule has 1 saturated heterocycles. The van der Waals surface area contributed by atoms with Gasteiger partial charge in [-0.05, 0) is 52.4 Å². The average molecular weight is 320 g/mol. The molecule has 0 saturated carbocycles. The summed E-state index contributed by atoms with van der Waals surface area (Å²) in [4.78, 5) is 12.9. The highest BCUT2D eigenvalue weighted by Gasteiger charge is 2.16. The smallest absolute Gasteiger partial charge is 0.225 e. The second-order valence-electron chi connectivity index (χ2n) is 3.84. The van der Waals surface area contributed by atoms with Gasteiger partial charge in [-0.2, -0.15) is 11.8 Å². The van der Waals surface area contributed by atoms with Crippen molar-refractivity contribution in [2.75, 3.05) is 11.5 Å². The maximum atomic E-state index is 11.8. The lowest BCUT2D eigenvalue weighted by Crippen LogP contribution is -2.38. The van der Waals surface area contributed by atoms with E-state index in [-0.39, 0.29) is 5.91 Å². The molecule has 0 unspecified atom stereocenters. The van der Waals surface area contributed by atoms with Gasteiger partial charge in [-0.15, -0.1) is 11.3 Å². The van der Waals surface area contributed by atoms with Crippen molar-refractivity contribution in [1.82, 2.24) is 5.32 Å². The van der Waals surface area contributed by atoms with Crippen LogP contribution in [0.4, 0.5) is 0 Å². The van der Waals surface area contributed by atoms with Crippen LogP contribution in [0.15, 0.2) is 15.9 Å². The summed E-state index contributed by atoms with van der Waals surface area (Å²) in [5, 5.41) is 3.12. The van der Waals surface area contributed by atoms with Gasteiger partial charge in [0, 0.05) is 10.9 Å². The van der Waals surface area contributed by atoms with Gasteiger partial charge in [-0.25, -0.2) is 0 Å². The van der Waals surface area contributed by atoms with E-state index in [2.05, 4.69) is 21.2 Å². The van der Waals surface area contributed by atoms with Crippen molar-refractivity contribution >= 4 is 44.9 Å². The fourth-order valence-electron chi connectivity index (χ4n) is 1.73. The van der Waals surface area contributed by atoms with Crippen LogP contribution in [0.3, 0.4) is 0 Å². The molecule has 0 bridgehead atoms. The van der Waals surface area contributed by atoms with Crippen LogP contribution >= 0.6 is 39.0 Å². The zero-order valence-electron chi connectivity index (χ0n) is 8.87. The molecule has 2 heterocycles. The lowest BCUT2D eigenvalue weighted by atomic mass is 10.1.